The predicted octanol–water partition coefficient (Wildman–Crippen LogP) is 2.03. The summed E-state index contributed by atoms with van der Waals surface area (Å²) in [6.07, 6.45) is 9.44. The van der Waals surface area contributed by atoms with Gasteiger partial charge in [0.15, 0.2) is 11.4 Å². The van der Waals surface area contributed by atoms with E-state index in [-0.39, 0.29) is 11.1 Å². The summed E-state index contributed by atoms with van der Waals surface area (Å²) in [6, 6.07) is 0. The molecule has 2 atom stereocenters. The molecule has 0 bridgehead atoms. The molecule has 128 valence electrons. The van der Waals surface area contributed by atoms with Crippen molar-refractivity contribution in [3.8, 4) is 5.75 Å². The number of nitrogens with zero attached hydrogens (tertiary/aromatic N) is 2. The van der Waals surface area contributed by atoms with Crippen molar-refractivity contribution >= 4 is 17.5 Å². The highest BCUT2D eigenvalue weighted by Gasteiger charge is 2.50. The molecule has 6 nitrogen and oxygen atoms in total. The number of aromatic nitrogens is 2. The Kier molecular flexibility index (Phi) is 4.25. The number of aromatic hydroxyl groups is 1. The molecule has 0 spiro atoms. The molecule has 1 aromatic heterocycles. The van der Waals surface area contributed by atoms with Crippen molar-refractivity contribution < 1.29 is 9.90 Å². The lowest BCUT2D eigenvalue weighted by molar-refractivity contribution is 0.0952. The fraction of sp³-hybridized carbons (Fsp3) is 0.471. The molecule has 0 aromatic carbocycles. The molecule has 1 aromatic rings. The summed E-state index contributed by atoms with van der Waals surface area (Å²) in [4.78, 5) is 23.7. The van der Waals surface area contributed by atoms with Gasteiger partial charge < -0.3 is 10.4 Å². The third kappa shape index (κ3) is 2.98. The molecule has 3 rings (SSSR count). The minimum atomic E-state index is -0.754. The lowest BCUT2D eigenvalue weighted by atomic mass is 9.77. The SMILES string of the molecule is CNC(=O)c1nn(CC2(C3C=CC(Cl)=CC3C)CC2)cc(O)c1=O. The fourth-order valence-electron chi connectivity index (χ4n) is 3.49. The Hall–Kier alpha value is -2.08. The first kappa shape index (κ1) is 16.8. The van der Waals surface area contributed by atoms with Crippen LogP contribution in [0.2, 0.25) is 0 Å². The third-order valence-corrected chi connectivity index (χ3v) is 5.17. The summed E-state index contributed by atoms with van der Waals surface area (Å²) in [7, 11) is 1.42. The highest BCUT2D eigenvalue weighted by Crippen LogP contribution is 2.57. The van der Waals surface area contributed by atoms with Crippen molar-refractivity contribution in [1.82, 2.24) is 15.1 Å². The van der Waals surface area contributed by atoms with Crippen LogP contribution in [0, 0.1) is 17.3 Å². The Morgan fingerprint density at radius 2 is 2.25 bits per heavy atom. The number of halogens is 1. The van der Waals surface area contributed by atoms with Crippen LogP contribution >= 0.6 is 11.6 Å². The molecule has 7 heteroatoms. The Morgan fingerprint density at radius 1 is 1.54 bits per heavy atom. The molecule has 2 unspecified atom stereocenters. The van der Waals surface area contributed by atoms with Crippen LogP contribution < -0.4 is 10.7 Å². The summed E-state index contributed by atoms with van der Waals surface area (Å²) in [6.45, 7) is 2.67. The molecule has 0 saturated heterocycles. The molecule has 2 N–H and O–H groups in total. The monoisotopic (exact) mass is 349 g/mol. The topological polar surface area (TPSA) is 84.2 Å². The van der Waals surface area contributed by atoms with E-state index in [0.717, 1.165) is 17.9 Å². The van der Waals surface area contributed by atoms with E-state index in [2.05, 4.69) is 23.4 Å². The molecule has 1 amide bonds. The van der Waals surface area contributed by atoms with E-state index in [9.17, 15) is 14.7 Å². The Balaban J connectivity index is 1.89. The molecular formula is C17H20ClN3O3. The van der Waals surface area contributed by atoms with Gasteiger partial charge in [-0.25, -0.2) is 0 Å². The van der Waals surface area contributed by atoms with Gasteiger partial charge in [-0.2, -0.15) is 5.10 Å². The second-order valence-corrected chi connectivity index (χ2v) is 7.06. The van der Waals surface area contributed by atoms with Gasteiger partial charge in [-0.05, 0) is 36.2 Å². The number of hydrogen-bond donors (Lipinski definition) is 2. The van der Waals surface area contributed by atoms with Gasteiger partial charge in [0.25, 0.3) is 11.3 Å². The first-order chi connectivity index (χ1) is 11.4. The van der Waals surface area contributed by atoms with E-state index in [1.807, 2.05) is 12.2 Å². The van der Waals surface area contributed by atoms with E-state index in [0.29, 0.717) is 18.4 Å². The van der Waals surface area contributed by atoms with Crippen LogP contribution in [0.15, 0.2) is 34.3 Å². The van der Waals surface area contributed by atoms with Gasteiger partial charge in [0, 0.05) is 18.6 Å². The zero-order valence-electron chi connectivity index (χ0n) is 13.6. The number of carbonyl (C=O) groups excluding carboxylic acids is 1. The zero-order valence-corrected chi connectivity index (χ0v) is 14.4. The van der Waals surface area contributed by atoms with Gasteiger partial charge in [-0.3, -0.25) is 14.3 Å². The summed E-state index contributed by atoms with van der Waals surface area (Å²) in [5.74, 6) is -0.451. The highest BCUT2D eigenvalue weighted by molar-refractivity contribution is 6.31. The number of carbonyl (C=O) groups is 1. The van der Waals surface area contributed by atoms with Crippen molar-refractivity contribution in [3.05, 3.63) is 45.4 Å². The standard InChI is InChI=1S/C17H20ClN3O3/c1-10-7-11(18)3-4-12(10)17(5-6-17)9-21-8-13(22)15(23)14(20-21)16(24)19-2/h3-4,7-8,10,12,22H,5-6,9H2,1-2H3,(H,19,24). The second-order valence-electron chi connectivity index (χ2n) is 6.63. The smallest absolute Gasteiger partial charge is 0.275 e. The summed E-state index contributed by atoms with van der Waals surface area (Å²) in [5, 5.41) is 17.1. The van der Waals surface area contributed by atoms with Crippen molar-refractivity contribution in [1.29, 1.82) is 0 Å². The predicted molar refractivity (Wildman–Crippen MR) is 90.9 cm³/mol. The van der Waals surface area contributed by atoms with Gasteiger partial charge >= 0.3 is 0 Å². The molecule has 2 aliphatic carbocycles. The summed E-state index contributed by atoms with van der Waals surface area (Å²) < 4.78 is 1.51. The van der Waals surface area contributed by atoms with Crippen molar-refractivity contribution in [2.45, 2.75) is 26.3 Å². The molecule has 24 heavy (non-hydrogen) atoms. The number of amides is 1. The van der Waals surface area contributed by atoms with Gasteiger partial charge in [-0.1, -0.05) is 30.7 Å². The van der Waals surface area contributed by atoms with E-state index in [1.54, 1.807) is 0 Å². The lowest BCUT2D eigenvalue weighted by Crippen LogP contribution is -2.32. The van der Waals surface area contributed by atoms with Gasteiger partial charge in [0.1, 0.15) is 0 Å². The maximum atomic E-state index is 11.9. The maximum absolute atomic E-state index is 11.9. The van der Waals surface area contributed by atoms with Crippen LogP contribution in [0.25, 0.3) is 0 Å². The number of nitrogens with one attached hydrogen (secondary N) is 1. The van der Waals surface area contributed by atoms with Gasteiger partial charge in [0.2, 0.25) is 0 Å². The average Bonchev–Trinajstić information content (AvgIpc) is 3.30. The fourth-order valence-corrected chi connectivity index (χ4v) is 3.77. The molecule has 1 heterocycles. The van der Waals surface area contributed by atoms with Crippen LogP contribution in [-0.4, -0.2) is 27.8 Å². The average molecular weight is 350 g/mol. The third-order valence-electron chi connectivity index (χ3n) is 4.92. The number of allylic oxidation sites excluding steroid dienone is 4. The minimum absolute atomic E-state index is 0.0124. The minimum Gasteiger partial charge on any atom is -0.503 e. The Labute approximate surface area is 144 Å². The van der Waals surface area contributed by atoms with Crippen LogP contribution in [0.4, 0.5) is 0 Å². The van der Waals surface area contributed by atoms with Crippen LogP contribution in [0.5, 0.6) is 5.75 Å². The van der Waals surface area contributed by atoms with E-state index in [1.165, 1.54) is 17.9 Å². The quantitative estimate of drug-likeness (QED) is 0.871. The molecule has 1 fully saturated rings. The lowest BCUT2D eigenvalue weighted by Gasteiger charge is -2.30. The second kappa shape index (κ2) is 6.09. The summed E-state index contributed by atoms with van der Waals surface area (Å²) in [5.41, 5.74) is -1.03. The molecule has 0 radical (unpaired) electrons. The maximum Gasteiger partial charge on any atom is 0.275 e. The summed E-state index contributed by atoms with van der Waals surface area (Å²) >= 11 is 6.06. The zero-order chi connectivity index (χ0) is 17.5. The van der Waals surface area contributed by atoms with Gasteiger partial charge in [0.05, 0.1) is 6.20 Å². The van der Waals surface area contributed by atoms with E-state index >= 15 is 0 Å². The molecule has 2 aliphatic rings. The van der Waals surface area contributed by atoms with Crippen LogP contribution in [0.1, 0.15) is 30.3 Å². The molecule has 1 saturated carbocycles. The Bertz CT molecular complexity index is 793. The van der Waals surface area contributed by atoms with Gasteiger partial charge in [-0.15, -0.1) is 0 Å². The molecule has 0 aliphatic heterocycles. The first-order valence-electron chi connectivity index (χ1n) is 7.94. The van der Waals surface area contributed by atoms with Crippen LogP contribution in [-0.2, 0) is 6.54 Å². The largest absolute Gasteiger partial charge is 0.503 e. The number of rotatable bonds is 4. The van der Waals surface area contributed by atoms with Crippen molar-refractivity contribution in [2.24, 2.45) is 17.3 Å². The normalized spacial score (nSPS) is 24.4. The Morgan fingerprint density at radius 3 is 2.83 bits per heavy atom. The van der Waals surface area contributed by atoms with Crippen molar-refractivity contribution in [3.63, 3.8) is 0 Å². The first-order valence-corrected chi connectivity index (χ1v) is 8.32. The van der Waals surface area contributed by atoms with E-state index < -0.39 is 17.1 Å². The van der Waals surface area contributed by atoms with E-state index in [4.69, 9.17) is 11.6 Å². The highest BCUT2D eigenvalue weighted by atomic mass is 35.5. The van der Waals surface area contributed by atoms with Crippen LogP contribution in [0.3, 0.4) is 0 Å². The van der Waals surface area contributed by atoms with Crippen molar-refractivity contribution in [2.75, 3.05) is 7.05 Å². The molecular weight excluding hydrogens is 330 g/mol. The number of hydrogen-bond acceptors (Lipinski definition) is 4.